The number of ether oxygens (including phenoxy) is 1. The highest BCUT2D eigenvalue weighted by Gasteiger charge is 2.33. The SMILES string of the molecule is FC(F)(F)c1ccnc(OCCC2CCCNC2)n1. The average Bonchev–Trinajstić information content (AvgIpc) is 2.39. The van der Waals surface area contributed by atoms with Crippen molar-refractivity contribution >= 4 is 0 Å². The fourth-order valence-electron chi connectivity index (χ4n) is 2.06. The lowest BCUT2D eigenvalue weighted by atomic mass is 9.97. The summed E-state index contributed by atoms with van der Waals surface area (Å²) in [4.78, 5) is 7.04. The molecule has 1 aromatic heterocycles. The van der Waals surface area contributed by atoms with Gasteiger partial charge in [-0.05, 0) is 44.3 Å². The van der Waals surface area contributed by atoms with Crippen LogP contribution in [0.25, 0.3) is 0 Å². The maximum atomic E-state index is 12.4. The van der Waals surface area contributed by atoms with Crippen molar-refractivity contribution in [2.45, 2.75) is 25.4 Å². The van der Waals surface area contributed by atoms with E-state index < -0.39 is 11.9 Å². The van der Waals surface area contributed by atoms with E-state index >= 15 is 0 Å². The fourth-order valence-corrected chi connectivity index (χ4v) is 2.06. The standard InChI is InChI=1S/C12H16F3N3O/c13-12(14,15)10-3-6-17-11(18-10)19-7-4-9-2-1-5-16-8-9/h3,6,9,16H,1-2,4-5,7-8H2. The number of hydrogen-bond donors (Lipinski definition) is 1. The Morgan fingerprint density at radius 3 is 2.95 bits per heavy atom. The van der Waals surface area contributed by atoms with Gasteiger partial charge in [-0.25, -0.2) is 4.98 Å². The minimum Gasteiger partial charge on any atom is -0.463 e. The second-order valence-corrected chi connectivity index (χ2v) is 4.57. The molecule has 1 atom stereocenters. The van der Waals surface area contributed by atoms with Crippen LogP contribution in [0.2, 0.25) is 0 Å². The molecule has 4 nitrogen and oxygen atoms in total. The summed E-state index contributed by atoms with van der Waals surface area (Å²) in [6.07, 6.45) is -0.348. The molecule has 7 heteroatoms. The van der Waals surface area contributed by atoms with E-state index in [2.05, 4.69) is 15.3 Å². The molecular weight excluding hydrogens is 259 g/mol. The van der Waals surface area contributed by atoms with Gasteiger partial charge in [0.1, 0.15) is 0 Å². The van der Waals surface area contributed by atoms with Gasteiger partial charge in [0.05, 0.1) is 6.61 Å². The highest BCUT2D eigenvalue weighted by molar-refractivity contribution is 5.08. The van der Waals surface area contributed by atoms with Crippen LogP contribution >= 0.6 is 0 Å². The molecule has 2 heterocycles. The van der Waals surface area contributed by atoms with Crippen LogP contribution in [-0.2, 0) is 6.18 Å². The Morgan fingerprint density at radius 1 is 1.42 bits per heavy atom. The van der Waals surface area contributed by atoms with Crippen LogP contribution in [0.1, 0.15) is 25.0 Å². The molecule has 1 aliphatic heterocycles. The lowest BCUT2D eigenvalue weighted by Crippen LogP contribution is -2.30. The third-order valence-corrected chi connectivity index (χ3v) is 3.08. The van der Waals surface area contributed by atoms with Crippen LogP contribution in [0, 0.1) is 5.92 Å². The molecule has 0 amide bonds. The molecule has 0 radical (unpaired) electrons. The second kappa shape index (κ2) is 6.18. The maximum absolute atomic E-state index is 12.4. The second-order valence-electron chi connectivity index (χ2n) is 4.57. The summed E-state index contributed by atoms with van der Waals surface area (Å²) in [6, 6.07) is 0.622. The van der Waals surface area contributed by atoms with Crippen molar-refractivity contribution < 1.29 is 17.9 Å². The molecule has 0 saturated carbocycles. The van der Waals surface area contributed by atoms with Crippen molar-refractivity contribution in [2.24, 2.45) is 5.92 Å². The molecule has 1 N–H and O–H groups in total. The number of halogens is 3. The Kier molecular flexibility index (Phi) is 4.57. The van der Waals surface area contributed by atoms with Crippen LogP contribution in [0.4, 0.5) is 13.2 Å². The predicted molar refractivity (Wildman–Crippen MR) is 62.7 cm³/mol. The molecule has 0 aliphatic carbocycles. The first-order valence-corrected chi connectivity index (χ1v) is 6.29. The number of piperidine rings is 1. The van der Waals surface area contributed by atoms with Gasteiger partial charge < -0.3 is 10.1 Å². The Balaban J connectivity index is 1.82. The molecular formula is C12H16F3N3O. The van der Waals surface area contributed by atoms with Crippen molar-refractivity contribution in [1.29, 1.82) is 0 Å². The van der Waals surface area contributed by atoms with E-state index in [0.717, 1.165) is 44.6 Å². The molecule has 19 heavy (non-hydrogen) atoms. The highest BCUT2D eigenvalue weighted by atomic mass is 19.4. The highest BCUT2D eigenvalue weighted by Crippen LogP contribution is 2.27. The maximum Gasteiger partial charge on any atom is 0.433 e. The molecule has 1 unspecified atom stereocenters. The number of hydrogen-bond acceptors (Lipinski definition) is 4. The van der Waals surface area contributed by atoms with Gasteiger partial charge in [0.2, 0.25) is 0 Å². The third-order valence-electron chi connectivity index (χ3n) is 3.08. The third kappa shape index (κ3) is 4.34. The predicted octanol–water partition coefficient (Wildman–Crippen LogP) is 2.26. The topological polar surface area (TPSA) is 47.0 Å². The van der Waals surface area contributed by atoms with Gasteiger partial charge in [0.15, 0.2) is 5.69 Å². The van der Waals surface area contributed by atoms with Crippen LogP contribution in [0.3, 0.4) is 0 Å². The average molecular weight is 275 g/mol. The summed E-state index contributed by atoms with van der Waals surface area (Å²) in [5, 5.41) is 3.28. The molecule has 1 aliphatic rings. The first kappa shape index (κ1) is 14.0. The number of aromatic nitrogens is 2. The molecule has 1 aromatic rings. The van der Waals surface area contributed by atoms with Gasteiger partial charge in [-0.1, -0.05) is 0 Å². The first-order valence-electron chi connectivity index (χ1n) is 6.29. The van der Waals surface area contributed by atoms with Gasteiger partial charge >= 0.3 is 12.2 Å². The zero-order valence-electron chi connectivity index (χ0n) is 10.4. The zero-order chi connectivity index (χ0) is 13.7. The Bertz CT molecular complexity index is 405. The van der Waals surface area contributed by atoms with Crippen molar-refractivity contribution in [2.75, 3.05) is 19.7 Å². The summed E-state index contributed by atoms with van der Waals surface area (Å²) in [5.74, 6) is 0.513. The van der Waals surface area contributed by atoms with Gasteiger partial charge in [0, 0.05) is 6.20 Å². The Morgan fingerprint density at radius 2 is 2.26 bits per heavy atom. The van der Waals surface area contributed by atoms with Crippen molar-refractivity contribution in [3.63, 3.8) is 0 Å². The van der Waals surface area contributed by atoms with Crippen LogP contribution in [0.5, 0.6) is 6.01 Å². The molecule has 106 valence electrons. The van der Waals surface area contributed by atoms with Crippen molar-refractivity contribution in [3.8, 4) is 6.01 Å². The number of nitrogens with zero attached hydrogens (tertiary/aromatic N) is 2. The molecule has 0 spiro atoms. The van der Waals surface area contributed by atoms with Gasteiger partial charge in [-0.2, -0.15) is 18.2 Å². The van der Waals surface area contributed by atoms with Gasteiger partial charge in [0.25, 0.3) is 0 Å². The van der Waals surface area contributed by atoms with E-state index in [4.69, 9.17) is 4.74 Å². The summed E-state index contributed by atoms with van der Waals surface area (Å²) in [6.45, 7) is 2.31. The van der Waals surface area contributed by atoms with E-state index in [0.29, 0.717) is 12.5 Å². The smallest absolute Gasteiger partial charge is 0.433 e. The van der Waals surface area contributed by atoms with Crippen molar-refractivity contribution in [1.82, 2.24) is 15.3 Å². The lowest BCUT2D eigenvalue weighted by molar-refractivity contribution is -0.141. The Hall–Kier alpha value is -1.37. The monoisotopic (exact) mass is 275 g/mol. The van der Waals surface area contributed by atoms with Crippen LogP contribution < -0.4 is 10.1 Å². The summed E-state index contributed by atoms with van der Waals surface area (Å²) >= 11 is 0. The quantitative estimate of drug-likeness (QED) is 0.915. The minimum atomic E-state index is -4.46. The van der Waals surface area contributed by atoms with E-state index in [1.807, 2.05) is 0 Å². The van der Waals surface area contributed by atoms with Gasteiger partial charge in [-0.15, -0.1) is 0 Å². The molecule has 0 bridgehead atoms. The summed E-state index contributed by atoms with van der Waals surface area (Å²) < 4.78 is 42.5. The molecule has 1 saturated heterocycles. The lowest BCUT2D eigenvalue weighted by Gasteiger charge is -2.22. The van der Waals surface area contributed by atoms with E-state index in [-0.39, 0.29) is 6.01 Å². The van der Waals surface area contributed by atoms with E-state index in [1.165, 1.54) is 0 Å². The summed E-state index contributed by atoms with van der Waals surface area (Å²) in [5.41, 5.74) is -0.975. The fraction of sp³-hybridized carbons (Fsp3) is 0.667. The normalized spacial score (nSPS) is 20.3. The number of alkyl halides is 3. The van der Waals surface area contributed by atoms with Crippen molar-refractivity contribution in [3.05, 3.63) is 18.0 Å². The van der Waals surface area contributed by atoms with Crippen LogP contribution in [0.15, 0.2) is 12.3 Å². The van der Waals surface area contributed by atoms with E-state index in [9.17, 15) is 13.2 Å². The van der Waals surface area contributed by atoms with E-state index in [1.54, 1.807) is 0 Å². The van der Waals surface area contributed by atoms with Crippen LogP contribution in [-0.4, -0.2) is 29.7 Å². The number of nitrogens with one attached hydrogen (secondary N) is 1. The first-order chi connectivity index (χ1) is 9.05. The number of rotatable bonds is 4. The largest absolute Gasteiger partial charge is 0.463 e. The summed E-state index contributed by atoms with van der Waals surface area (Å²) in [7, 11) is 0. The molecule has 0 aromatic carbocycles. The molecule has 1 fully saturated rings. The zero-order valence-corrected chi connectivity index (χ0v) is 10.4. The molecule has 2 rings (SSSR count). The minimum absolute atomic E-state index is 0.210. The Labute approximate surface area is 109 Å². The van der Waals surface area contributed by atoms with Gasteiger partial charge in [-0.3, -0.25) is 0 Å².